The largest absolute Gasteiger partial charge is 0.508 e. The molecule has 2 rings (SSSR count). The van der Waals surface area contributed by atoms with Crippen LogP contribution in [0, 0.1) is 0 Å². The average Bonchev–Trinajstić information content (AvgIpc) is 2.52. The highest BCUT2D eigenvalue weighted by molar-refractivity contribution is 5.97. The minimum Gasteiger partial charge on any atom is -0.508 e. The molecule has 0 unspecified atom stereocenters. The van der Waals surface area contributed by atoms with Crippen LogP contribution in [-0.2, 0) is 17.6 Å². The minimum atomic E-state index is -0.453. The smallest absolute Gasteiger partial charge is 0.269 e. The van der Waals surface area contributed by atoms with Crippen LogP contribution >= 0.6 is 0 Å². The van der Waals surface area contributed by atoms with Gasteiger partial charge in [-0.3, -0.25) is 20.4 Å². The van der Waals surface area contributed by atoms with Crippen molar-refractivity contribution in [2.24, 2.45) is 0 Å². The zero-order valence-electron chi connectivity index (χ0n) is 12.7. The predicted octanol–water partition coefficient (Wildman–Crippen LogP) is 1.66. The number of phenolic OH excluding ortho intramolecular Hbond substituents is 2. The van der Waals surface area contributed by atoms with Gasteiger partial charge in [0.15, 0.2) is 0 Å². The number of benzene rings is 2. The molecule has 0 heterocycles. The summed E-state index contributed by atoms with van der Waals surface area (Å²) < 4.78 is 0. The van der Waals surface area contributed by atoms with E-state index >= 15 is 0 Å². The summed E-state index contributed by atoms with van der Waals surface area (Å²) >= 11 is 0. The zero-order chi connectivity index (χ0) is 16.8. The summed E-state index contributed by atoms with van der Waals surface area (Å²) in [6, 6.07) is 10.8. The van der Waals surface area contributed by atoms with Crippen molar-refractivity contribution in [1.29, 1.82) is 0 Å². The predicted molar refractivity (Wildman–Crippen MR) is 84.9 cm³/mol. The van der Waals surface area contributed by atoms with Gasteiger partial charge in [0.2, 0.25) is 5.91 Å². The Hall–Kier alpha value is -3.02. The van der Waals surface area contributed by atoms with Crippen LogP contribution in [0.2, 0.25) is 0 Å². The topological polar surface area (TPSA) is 98.7 Å². The number of rotatable bonds is 4. The number of hydrogen-bond acceptors (Lipinski definition) is 4. The lowest BCUT2D eigenvalue weighted by Gasteiger charge is -2.10. The molecular weight excluding hydrogens is 296 g/mol. The van der Waals surface area contributed by atoms with Gasteiger partial charge in [-0.1, -0.05) is 19.1 Å². The van der Waals surface area contributed by atoms with E-state index in [0.29, 0.717) is 23.1 Å². The van der Waals surface area contributed by atoms with E-state index in [1.807, 2.05) is 6.92 Å². The van der Waals surface area contributed by atoms with Gasteiger partial charge >= 0.3 is 0 Å². The van der Waals surface area contributed by atoms with Crippen molar-refractivity contribution < 1.29 is 19.8 Å². The maximum Gasteiger partial charge on any atom is 0.269 e. The van der Waals surface area contributed by atoms with Crippen molar-refractivity contribution in [3.8, 4) is 11.5 Å². The van der Waals surface area contributed by atoms with Gasteiger partial charge in [0.05, 0.1) is 6.42 Å². The fourth-order valence-electron chi connectivity index (χ4n) is 2.18. The van der Waals surface area contributed by atoms with E-state index in [4.69, 9.17) is 0 Å². The molecule has 4 N–H and O–H groups in total. The lowest BCUT2D eigenvalue weighted by Crippen LogP contribution is -2.42. The third-order valence-electron chi connectivity index (χ3n) is 3.31. The van der Waals surface area contributed by atoms with Crippen molar-refractivity contribution in [2.45, 2.75) is 19.8 Å². The fraction of sp³-hybridized carbons (Fsp3) is 0.176. The Kier molecular flexibility index (Phi) is 5.19. The summed E-state index contributed by atoms with van der Waals surface area (Å²) in [7, 11) is 0. The van der Waals surface area contributed by atoms with Crippen molar-refractivity contribution in [2.75, 3.05) is 0 Å². The van der Waals surface area contributed by atoms with E-state index in [1.165, 1.54) is 30.3 Å². The van der Waals surface area contributed by atoms with Gasteiger partial charge in [0, 0.05) is 5.56 Å². The van der Waals surface area contributed by atoms with E-state index in [9.17, 15) is 19.8 Å². The Bertz CT molecular complexity index is 728. The second-order valence-corrected chi connectivity index (χ2v) is 5.04. The van der Waals surface area contributed by atoms with Crippen molar-refractivity contribution in [1.82, 2.24) is 10.9 Å². The van der Waals surface area contributed by atoms with Gasteiger partial charge in [-0.15, -0.1) is 0 Å². The second kappa shape index (κ2) is 7.31. The second-order valence-electron chi connectivity index (χ2n) is 5.04. The molecule has 0 atom stereocenters. The monoisotopic (exact) mass is 314 g/mol. The van der Waals surface area contributed by atoms with Crippen LogP contribution < -0.4 is 10.9 Å². The SMILES string of the molecule is CCc1cc(O)ccc1C(=O)NNC(=O)Cc1cccc(O)c1. The maximum absolute atomic E-state index is 12.1. The number of aryl methyl sites for hydroxylation is 1. The molecule has 0 aliphatic carbocycles. The molecular formula is C17H18N2O4. The van der Waals surface area contributed by atoms with Gasteiger partial charge in [0.1, 0.15) is 11.5 Å². The summed E-state index contributed by atoms with van der Waals surface area (Å²) in [6.45, 7) is 1.87. The molecule has 0 saturated carbocycles. The first kappa shape index (κ1) is 16.4. The molecule has 0 aromatic heterocycles. The van der Waals surface area contributed by atoms with E-state index in [0.717, 1.165) is 0 Å². The van der Waals surface area contributed by atoms with Gasteiger partial charge < -0.3 is 10.2 Å². The molecule has 2 aromatic carbocycles. The van der Waals surface area contributed by atoms with E-state index in [2.05, 4.69) is 10.9 Å². The number of amides is 2. The normalized spacial score (nSPS) is 10.1. The molecule has 2 amide bonds. The summed E-state index contributed by atoms with van der Waals surface area (Å²) in [5, 5.41) is 18.8. The first-order valence-corrected chi connectivity index (χ1v) is 7.18. The summed E-state index contributed by atoms with van der Waals surface area (Å²) in [5.74, 6) is -0.686. The molecule has 0 radical (unpaired) electrons. The highest BCUT2D eigenvalue weighted by Crippen LogP contribution is 2.17. The molecule has 0 aliphatic heterocycles. The molecule has 0 aliphatic rings. The van der Waals surface area contributed by atoms with Crippen LogP contribution in [0.5, 0.6) is 11.5 Å². The molecule has 2 aromatic rings. The maximum atomic E-state index is 12.1. The number of carbonyl (C=O) groups excluding carboxylic acids is 2. The quantitative estimate of drug-likeness (QED) is 0.645. The third kappa shape index (κ3) is 4.47. The number of carbonyl (C=O) groups is 2. The van der Waals surface area contributed by atoms with Crippen LogP contribution in [-0.4, -0.2) is 22.0 Å². The number of aromatic hydroxyl groups is 2. The van der Waals surface area contributed by atoms with E-state index in [1.54, 1.807) is 12.1 Å². The van der Waals surface area contributed by atoms with Gasteiger partial charge in [-0.25, -0.2) is 0 Å². The Morgan fingerprint density at radius 2 is 1.74 bits per heavy atom. The van der Waals surface area contributed by atoms with Crippen molar-refractivity contribution in [3.63, 3.8) is 0 Å². The zero-order valence-corrected chi connectivity index (χ0v) is 12.7. The molecule has 0 bridgehead atoms. The Morgan fingerprint density at radius 1 is 1.00 bits per heavy atom. The van der Waals surface area contributed by atoms with Crippen molar-refractivity contribution in [3.05, 3.63) is 59.2 Å². The lowest BCUT2D eigenvalue weighted by molar-refractivity contribution is -0.121. The highest BCUT2D eigenvalue weighted by Gasteiger charge is 2.12. The Labute approximate surface area is 133 Å². The van der Waals surface area contributed by atoms with Crippen LogP contribution in [0.3, 0.4) is 0 Å². The number of phenols is 2. The van der Waals surface area contributed by atoms with Crippen LogP contribution in [0.25, 0.3) is 0 Å². The summed E-state index contributed by atoms with van der Waals surface area (Å²) in [6.07, 6.45) is 0.610. The fourth-order valence-corrected chi connectivity index (χ4v) is 2.18. The van der Waals surface area contributed by atoms with Crippen molar-refractivity contribution >= 4 is 11.8 Å². The number of hydrazine groups is 1. The van der Waals surface area contributed by atoms with Crippen LogP contribution in [0.15, 0.2) is 42.5 Å². The van der Waals surface area contributed by atoms with Crippen LogP contribution in [0.4, 0.5) is 0 Å². The first-order chi connectivity index (χ1) is 11.0. The first-order valence-electron chi connectivity index (χ1n) is 7.18. The number of nitrogens with one attached hydrogen (secondary N) is 2. The lowest BCUT2D eigenvalue weighted by atomic mass is 10.0. The molecule has 6 heteroatoms. The molecule has 0 fully saturated rings. The third-order valence-corrected chi connectivity index (χ3v) is 3.31. The van der Waals surface area contributed by atoms with E-state index in [-0.39, 0.29) is 17.9 Å². The highest BCUT2D eigenvalue weighted by atomic mass is 16.3. The molecule has 0 saturated heterocycles. The molecule has 6 nitrogen and oxygen atoms in total. The molecule has 0 spiro atoms. The Morgan fingerprint density at radius 3 is 2.43 bits per heavy atom. The van der Waals surface area contributed by atoms with Gasteiger partial charge in [-0.05, 0) is 47.9 Å². The summed E-state index contributed by atoms with van der Waals surface area (Å²) in [4.78, 5) is 23.9. The van der Waals surface area contributed by atoms with Gasteiger partial charge in [-0.2, -0.15) is 0 Å². The summed E-state index contributed by atoms with van der Waals surface area (Å²) in [5.41, 5.74) is 6.39. The van der Waals surface area contributed by atoms with E-state index < -0.39 is 11.8 Å². The van der Waals surface area contributed by atoms with Gasteiger partial charge in [0.25, 0.3) is 5.91 Å². The standard InChI is InChI=1S/C17H18N2O4/c1-2-12-10-14(21)6-7-15(12)17(23)19-18-16(22)9-11-4-3-5-13(20)8-11/h3-8,10,20-21H,2,9H2,1H3,(H,18,22)(H,19,23). The van der Waals surface area contributed by atoms with Crippen LogP contribution in [0.1, 0.15) is 28.4 Å². The Balaban J connectivity index is 1.95. The minimum absolute atomic E-state index is 0.0326. The average molecular weight is 314 g/mol. The molecule has 120 valence electrons. The molecule has 23 heavy (non-hydrogen) atoms. The number of hydrogen-bond donors (Lipinski definition) is 4.